The van der Waals surface area contributed by atoms with E-state index in [-0.39, 0.29) is 18.3 Å². The number of rotatable bonds is 6. The van der Waals surface area contributed by atoms with E-state index in [1.54, 1.807) is 7.11 Å². The number of benzene rings is 1. The lowest BCUT2D eigenvalue weighted by Crippen LogP contribution is -2.34. The Hall–Kier alpha value is -1.30. The molecule has 1 N–H and O–H groups in total. The second-order valence-electron chi connectivity index (χ2n) is 5.12. The van der Waals surface area contributed by atoms with Crippen molar-refractivity contribution in [2.45, 2.75) is 12.8 Å². The zero-order valence-electron chi connectivity index (χ0n) is 13.0. The van der Waals surface area contributed by atoms with E-state index in [0.717, 1.165) is 44.8 Å². The Balaban J connectivity index is 0.00000242. The summed E-state index contributed by atoms with van der Waals surface area (Å²) in [4.78, 5) is 14.4. The summed E-state index contributed by atoms with van der Waals surface area (Å²) in [6, 6.07) is 7.43. The highest BCUT2D eigenvalue weighted by molar-refractivity contribution is 5.94. The quantitative estimate of drug-likeness (QED) is 0.811. The highest BCUT2D eigenvalue weighted by Crippen LogP contribution is 2.16. The van der Waals surface area contributed by atoms with E-state index in [2.05, 4.69) is 5.32 Å². The number of methoxy groups -OCH3 is 1. The number of halogens is 1. The van der Waals surface area contributed by atoms with Crippen LogP contribution in [0.3, 0.4) is 0 Å². The molecule has 5 nitrogen and oxygen atoms in total. The lowest BCUT2D eigenvalue weighted by atomic mass is 10.2. The van der Waals surface area contributed by atoms with Crippen LogP contribution in [0.4, 0.5) is 0 Å². The summed E-state index contributed by atoms with van der Waals surface area (Å²) in [5.41, 5.74) is 0.696. The fourth-order valence-electron chi connectivity index (χ4n) is 2.34. The maximum atomic E-state index is 12.5. The minimum Gasteiger partial charge on any atom is -0.493 e. The maximum absolute atomic E-state index is 12.5. The maximum Gasteiger partial charge on any atom is 0.254 e. The first-order valence-corrected chi connectivity index (χ1v) is 7.53. The first-order chi connectivity index (χ1) is 10.3. The smallest absolute Gasteiger partial charge is 0.254 e. The largest absolute Gasteiger partial charge is 0.493 e. The van der Waals surface area contributed by atoms with Crippen molar-refractivity contribution in [1.29, 1.82) is 0 Å². The van der Waals surface area contributed by atoms with Crippen LogP contribution in [0, 0.1) is 0 Å². The number of nitrogens with one attached hydrogen (secondary N) is 1. The number of hydrogen-bond donors (Lipinski definition) is 1. The second-order valence-corrected chi connectivity index (χ2v) is 5.12. The molecule has 0 aromatic heterocycles. The van der Waals surface area contributed by atoms with Gasteiger partial charge in [0, 0.05) is 45.3 Å². The number of amides is 1. The standard InChI is InChI=1S/C16H24N2O3.ClH/c1-20-11-4-12-21-15-6-2-5-14(13-15)16(19)18-9-3-7-17-8-10-18;/h2,5-6,13,17H,3-4,7-12H2,1H3;1H. The van der Waals surface area contributed by atoms with E-state index in [1.807, 2.05) is 29.2 Å². The molecule has 1 heterocycles. The molecule has 1 saturated heterocycles. The number of nitrogens with zero attached hydrogens (tertiary/aromatic N) is 1. The van der Waals surface area contributed by atoms with Crippen molar-refractivity contribution in [1.82, 2.24) is 10.2 Å². The van der Waals surface area contributed by atoms with Crippen molar-refractivity contribution >= 4 is 18.3 Å². The average Bonchev–Trinajstić information content (AvgIpc) is 2.80. The molecule has 0 atom stereocenters. The third-order valence-corrected chi connectivity index (χ3v) is 3.47. The molecule has 1 aromatic rings. The molecule has 0 saturated carbocycles. The summed E-state index contributed by atoms with van der Waals surface area (Å²) in [5, 5.41) is 3.30. The van der Waals surface area contributed by atoms with E-state index >= 15 is 0 Å². The normalized spacial score (nSPS) is 14.9. The minimum absolute atomic E-state index is 0. The number of ether oxygens (including phenoxy) is 2. The van der Waals surface area contributed by atoms with E-state index in [1.165, 1.54) is 0 Å². The van der Waals surface area contributed by atoms with E-state index in [9.17, 15) is 4.79 Å². The van der Waals surface area contributed by atoms with E-state index in [4.69, 9.17) is 9.47 Å². The van der Waals surface area contributed by atoms with Gasteiger partial charge in [-0.05, 0) is 31.2 Å². The van der Waals surface area contributed by atoms with Gasteiger partial charge in [-0.3, -0.25) is 4.79 Å². The van der Waals surface area contributed by atoms with Crippen molar-refractivity contribution in [3.05, 3.63) is 29.8 Å². The fraction of sp³-hybridized carbons (Fsp3) is 0.562. The summed E-state index contributed by atoms with van der Waals surface area (Å²) in [5.74, 6) is 0.825. The molecule has 0 radical (unpaired) electrons. The van der Waals surface area contributed by atoms with Gasteiger partial charge in [-0.15, -0.1) is 12.4 Å². The van der Waals surface area contributed by atoms with E-state index < -0.39 is 0 Å². The average molecular weight is 329 g/mol. The molecule has 0 spiro atoms. The van der Waals surface area contributed by atoms with Crippen LogP contribution >= 0.6 is 12.4 Å². The van der Waals surface area contributed by atoms with Gasteiger partial charge in [0.05, 0.1) is 6.61 Å². The predicted molar refractivity (Wildman–Crippen MR) is 89.1 cm³/mol. The lowest BCUT2D eigenvalue weighted by Gasteiger charge is -2.20. The van der Waals surface area contributed by atoms with Crippen LogP contribution in [-0.2, 0) is 4.74 Å². The van der Waals surface area contributed by atoms with Crippen LogP contribution in [0.25, 0.3) is 0 Å². The highest BCUT2D eigenvalue weighted by Gasteiger charge is 2.17. The summed E-state index contributed by atoms with van der Waals surface area (Å²) in [7, 11) is 1.68. The molecule has 0 bridgehead atoms. The van der Waals surface area contributed by atoms with Gasteiger partial charge in [0.15, 0.2) is 0 Å². The molecule has 0 unspecified atom stereocenters. The molecule has 6 heteroatoms. The van der Waals surface area contributed by atoms with Gasteiger partial charge in [0.2, 0.25) is 0 Å². The molecule has 22 heavy (non-hydrogen) atoms. The molecular weight excluding hydrogens is 304 g/mol. The van der Waals surface area contributed by atoms with Gasteiger partial charge in [-0.2, -0.15) is 0 Å². The Bertz CT molecular complexity index is 449. The van der Waals surface area contributed by atoms with Crippen LogP contribution in [0.5, 0.6) is 5.75 Å². The van der Waals surface area contributed by atoms with Crippen LogP contribution in [0.15, 0.2) is 24.3 Å². The third-order valence-electron chi connectivity index (χ3n) is 3.47. The first kappa shape index (κ1) is 18.7. The Labute approximate surface area is 138 Å². The van der Waals surface area contributed by atoms with Crippen molar-refractivity contribution in [3.63, 3.8) is 0 Å². The molecule has 0 aliphatic carbocycles. The van der Waals surface area contributed by atoms with Crippen LogP contribution < -0.4 is 10.1 Å². The zero-order chi connectivity index (χ0) is 14.9. The van der Waals surface area contributed by atoms with Crippen molar-refractivity contribution < 1.29 is 14.3 Å². The highest BCUT2D eigenvalue weighted by atomic mass is 35.5. The molecule has 1 aromatic carbocycles. The topological polar surface area (TPSA) is 50.8 Å². The number of hydrogen-bond acceptors (Lipinski definition) is 4. The van der Waals surface area contributed by atoms with Crippen molar-refractivity contribution in [2.24, 2.45) is 0 Å². The van der Waals surface area contributed by atoms with Crippen LogP contribution in [0.2, 0.25) is 0 Å². The van der Waals surface area contributed by atoms with Crippen LogP contribution in [-0.4, -0.2) is 57.3 Å². The van der Waals surface area contributed by atoms with Crippen molar-refractivity contribution in [2.75, 3.05) is 46.5 Å². The first-order valence-electron chi connectivity index (χ1n) is 7.53. The predicted octanol–water partition coefficient (Wildman–Crippen LogP) is 1.96. The summed E-state index contributed by atoms with van der Waals surface area (Å²) in [6.07, 6.45) is 1.84. The summed E-state index contributed by atoms with van der Waals surface area (Å²) >= 11 is 0. The van der Waals surface area contributed by atoms with Gasteiger partial charge in [-0.25, -0.2) is 0 Å². The zero-order valence-corrected chi connectivity index (χ0v) is 13.9. The summed E-state index contributed by atoms with van der Waals surface area (Å²) < 4.78 is 10.6. The second kappa shape index (κ2) is 10.4. The Morgan fingerprint density at radius 2 is 2.14 bits per heavy atom. The number of carbonyl (C=O) groups excluding carboxylic acids is 1. The molecule has 1 amide bonds. The summed E-state index contributed by atoms with van der Waals surface area (Å²) in [6.45, 7) is 4.69. The van der Waals surface area contributed by atoms with Gasteiger partial charge in [0.1, 0.15) is 5.75 Å². The Kier molecular flexibility index (Phi) is 8.89. The third kappa shape index (κ3) is 5.83. The van der Waals surface area contributed by atoms with Gasteiger partial charge >= 0.3 is 0 Å². The van der Waals surface area contributed by atoms with E-state index in [0.29, 0.717) is 18.8 Å². The van der Waals surface area contributed by atoms with Gasteiger partial charge in [0.25, 0.3) is 5.91 Å². The fourth-order valence-corrected chi connectivity index (χ4v) is 2.34. The Morgan fingerprint density at radius 1 is 1.27 bits per heavy atom. The molecular formula is C16H25ClN2O3. The molecule has 124 valence electrons. The minimum atomic E-state index is 0. The van der Waals surface area contributed by atoms with Gasteiger partial charge < -0.3 is 19.7 Å². The number of carbonyl (C=O) groups is 1. The lowest BCUT2D eigenvalue weighted by molar-refractivity contribution is 0.0766. The Morgan fingerprint density at radius 3 is 2.95 bits per heavy atom. The molecule has 1 aliphatic rings. The molecule has 2 rings (SSSR count). The van der Waals surface area contributed by atoms with Crippen LogP contribution in [0.1, 0.15) is 23.2 Å². The SMILES string of the molecule is COCCCOc1cccc(C(=O)N2CCCNCC2)c1.Cl. The molecule has 1 aliphatic heterocycles. The van der Waals surface area contributed by atoms with Crippen molar-refractivity contribution in [3.8, 4) is 5.75 Å². The van der Waals surface area contributed by atoms with Gasteiger partial charge in [-0.1, -0.05) is 6.07 Å². The molecule has 1 fully saturated rings. The monoisotopic (exact) mass is 328 g/mol.